The first-order valence-corrected chi connectivity index (χ1v) is 10.5. The van der Waals surface area contributed by atoms with Crippen LogP contribution in [0.15, 0.2) is 48.5 Å². The minimum Gasteiger partial charge on any atom is -0.495 e. The van der Waals surface area contributed by atoms with E-state index in [0.29, 0.717) is 28.6 Å². The fraction of sp³-hybridized carbons (Fsp3) is 0.417. The number of rotatable bonds is 8. The maximum Gasteiger partial charge on any atom is 0.255 e. The Labute approximate surface area is 178 Å². The van der Waals surface area contributed by atoms with E-state index in [1.165, 1.54) is 25.7 Å². The molecule has 0 spiro atoms. The molecular weight excluding hydrogens is 378 g/mol. The van der Waals surface area contributed by atoms with E-state index >= 15 is 0 Å². The van der Waals surface area contributed by atoms with Gasteiger partial charge in [-0.25, -0.2) is 0 Å². The molecule has 1 aliphatic carbocycles. The zero-order valence-electron chi connectivity index (χ0n) is 18.0. The fourth-order valence-corrected chi connectivity index (χ4v) is 3.85. The number of carbonyl (C=O) groups is 2. The standard InChI is InChI=1S/C24H31N3O3/c1-17(27(2)16-18-8-4-5-9-18)23(28)25-20-14-12-19(13-15-20)24(29)26-21-10-6-7-11-22(21)30-3/h6-7,10-15,17-18H,4-5,8-9,16H2,1-3H3,(H,25,28)(H,26,29). The van der Waals surface area contributed by atoms with Crippen molar-refractivity contribution in [2.75, 3.05) is 31.3 Å². The van der Waals surface area contributed by atoms with E-state index in [4.69, 9.17) is 4.74 Å². The van der Waals surface area contributed by atoms with Crippen molar-refractivity contribution in [3.8, 4) is 5.75 Å². The third kappa shape index (κ3) is 5.60. The lowest BCUT2D eigenvalue weighted by molar-refractivity contribution is -0.120. The molecule has 0 radical (unpaired) electrons. The van der Waals surface area contributed by atoms with Crippen LogP contribution in [-0.2, 0) is 4.79 Å². The van der Waals surface area contributed by atoms with Gasteiger partial charge in [-0.15, -0.1) is 0 Å². The predicted octanol–water partition coefficient (Wildman–Crippen LogP) is 4.40. The maximum absolute atomic E-state index is 12.6. The van der Waals surface area contributed by atoms with Crippen molar-refractivity contribution in [3.05, 3.63) is 54.1 Å². The molecule has 1 saturated carbocycles. The van der Waals surface area contributed by atoms with Crippen molar-refractivity contribution in [1.29, 1.82) is 0 Å². The van der Waals surface area contributed by atoms with Crippen LogP contribution in [0.5, 0.6) is 5.75 Å². The first kappa shape index (κ1) is 21.8. The van der Waals surface area contributed by atoms with Gasteiger partial charge in [0.2, 0.25) is 5.91 Å². The SMILES string of the molecule is COc1ccccc1NC(=O)c1ccc(NC(=O)C(C)N(C)CC2CCCC2)cc1. The van der Waals surface area contributed by atoms with Crippen molar-refractivity contribution < 1.29 is 14.3 Å². The Morgan fingerprint density at radius 1 is 1.07 bits per heavy atom. The number of amides is 2. The number of carbonyl (C=O) groups excluding carboxylic acids is 2. The van der Waals surface area contributed by atoms with E-state index in [-0.39, 0.29) is 17.9 Å². The van der Waals surface area contributed by atoms with Gasteiger partial charge >= 0.3 is 0 Å². The minimum absolute atomic E-state index is 0.0401. The maximum atomic E-state index is 12.6. The lowest BCUT2D eigenvalue weighted by atomic mass is 10.1. The third-order valence-corrected chi connectivity index (χ3v) is 5.83. The average Bonchev–Trinajstić information content (AvgIpc) is 3.27. The van der Waals surface area contributed by atoms with Crippen molar-refractivity contribution >= 4 is 23.2 Å². The van der Waals surface area contributed by atoms with Crippen LogP contribution in [0.2, 0.25) is 0 Å². The Bertz CT molecular complexity index is 860. The number of anilines is 2. The van der Waals surface area contributed by atoms with Gasteiger partial charge in [0, 0.05) is 17.8 Å². The summed E-state index contributed by atoms with van der Waals surface area (Å²) in [6.45, 7) is 2.88. The van der Waals surface area contributed by atoms with Crippen LogP contribution in [0.4, 0.5) is 11.4 Å². The van der Waals surface area contributed by atoms with Gasteiger partial charge in [0.25, 0.3) is 5.91 Å². The van der Waals surface area contributed by atoms with Crippen LogP contribution in [0.3, 0.4) is 0 Å². The average molecular weight is 410 g/mol. The molecule has 1 atom stereocenters. The van der Waals surface area contributed by atoms with Crippen molar-refractivity contribution in [3.63, 3.8) is 0 Å². The summed E-state index contributed by atoms with van der Waals surface area (Å²) in [4.78, 5) is 27.3. The lowest BCUT2D eigenvalue weighted by Gasteiger charge is -2.26. The number of hydrogen-bond donors (Lipinski definition) is 2. The highest BCUT2D eigenvalue weighted by atomic mass is 16.5. The van der Waals surface area contributed by atoms with Gasteiger partial charge in [0.1, 0.15) is 5.75 Å². The van der Waals surface area contributed by atoms with Crippen LogP contribution in [0.1, 0.15) is 43.0 Å². The summed E-state index contributed by atoms with van der Waals surface area (Å²) in [6, 6.07) is 13.9. The number of ether oxygens (including phenoxy) is 1. The largest absolute Gasteiger partial charge is 0.495 e. The number of nitrogens with one attached hydrogen (secondary N) is 2. The van der Waals surface area contributed by atoms with Gasteiger partial charge in [-0.1, -0.05) is 25.0 Å². The van der Waals surface area contributed by atoms with Gasteiger partial charge in [0.15, 0.2) is 0 Å². The molecule has 1 aliphatic rings. The number of hydrogen-bond acceptors (Lipinski definition) is 4. The summed E-state index contributed by atoms with van der Waals surface area (Å²) in [5.74, 6) is 1.03. The minimum atomic E-state index is -0.234. The van der Waals surface area contributed by atoms with Gasteiger partial charge in [-0.3, -0.25) is 14.5 Å². The topological polar surface area (TPSA) is 70.7 Å². The van der Waals surface area contributed by atoms with Crippen LogP contribution in [-0.4, -0.2) is 43.5 Å². The molecule has 30 heavy (non-hydrogen) atoms. The molecule has 0 aromatic heterocycles. The van der Waals surface area contributed by atoms with Gasteiger partial charge in [-0.05, 0) is 69.1 Å². The Kier molecular flexibility index (Phi) is 7.46. The van der Waals surface area contributed by atoms with Crippen LogP contribution < -0.4 is 15.4 Å². The summed E-state index contributed by atoms with van der Waals surface area (Å²) in [5, 5.41) is 5.80. The highest BCUT2D eigenvalue weighted by Crippen LogP contribution is 2.26. The monoisotopic (exact) mass is 409 g/mol. The van der Waals surface area contributed by atoms with Crippen molar-refractivity contribution in [2.24, 2.45) is 5.92 Å². The van der Waals surface area contributed by atoms with Crippen molar-refractivity contribution in [2.45, 2.75) is 38.6 Å². The van der Waals surface area contributed by atoms with E-state index in [2.05, 4.69) is 15.5 Å². The highest BCUT2D eigenvalue weighted by molar-refractivity contribution is 6.05. The Morgan fingerprint density at radius 3 is 2.40 bits per heavy atom. The summed E-state index contributed by atoms with van der Waals surface area (Å²) in [7, 11) is 3.57. The van der Waals surface area contributed by atoms with Crippen LogP contribution in [0.25, 0.3) is 0 Å². The van der Waals surface area contributed by atoms with E-state index in [0.717, 1.165) is 6.54 Å². The molecule has 0 heterocycles. The van der Waals surface area contributed by atoms with Gasteiger partial charge < -0.3 is 15.4 Å². The number of nitrogens with zero attached hydrogens (tertiary/aromatic N) is 1. The lowest BCUT2D eigenvalue weighted by Crippen LogP contribution is -2.41. The summed E-state index contributed by atoms with van der Waals surface area (Å²) >= 11 is 0. The van der Waals surface area contributed by atoms with Crippen molar-refractivity contribution in [1.82, 2.24) is 4.90 Å². The third-order valence-electron chi connectivity index (χ3n) is 5.83. The zero-order chi connectivity index (χ0) is 21.5. The highest BCUT2D eigenvalue weighted by Gasteiger charge is 2.23. The Balaban J connectivity index is 1.55. The molecule has 2 aromatic carbocycles. The molecule has 2 N–H and O–H groups in total. The molecule has 1 unspecified atom stereocenters. The normalized spacial score (nSPS) is 15.1. The molecule has 1 fully saturated rings. The molecule has 0 saturated heterocycles. The molecule has 3 rings (SSSR count). The Morgan fingerprint density at radius 2 is 1.73 bits per heavy atom. The summed E-state index contributed by atoms with van der Waals surface area (Å²) in [6.07, 6.45) is 5.13. The van der Waals surface area contributed by atoms with Crippen LogP contribution in [0, 0.1) is 5.92 Å². The molecule has 2 aromatic rings. The first-order valence-electron chi connectivity index (χ1n) is 10.5. The smallest absolute Gasteiger partial charge is 0.255 e. The second kappa shape index (κ2) is 10.3. The predicted molar refractivity (Wildman–Crippen MR) is 120 cm³/mol. The second-order valence-corrected chi connectivity index (χ2v) is 7.99. The summed E-state index contributed by atoms with van der Waals surface area (Å²) < 4.78 is 5.26. The molecule has 2 amide bonds. The molecule has 0 bridgehead atoms. The molecule has 160 valence electrons. The molecule has 0 aliphatic heterocycles. The second-order valence-electron chi connectivity index (χ2n) is 7.99. The fourth-order valence-electron chi connectivity index (χ4n) is 3.85. The van der Waals surface area contributed by atoms with Gasteiger partial charge in [0.05, 0.1) is 18.8 Å². The van der Waals surface area contributed by atoms with Gasteiger partial charge in [-0.2, -0.15) is 0 Å². The number of para-hydroxylation sites is 2. The number of methoxy groups -OCH3 is 1. The first-order chi connectivity index (χ1) is 14.5. The quantitative estimate of drug-likeness (QED) is 0.678. The number of likely N-dealkylation sites (N-methyl/N-ethyl adjacent to an activating group) is 1. The van der Waals surface area contributed by atoms with E-state index in [9.17, 15) is 9.59 Å². The Hall–Kier alpha value is -2.86. The molecule has 6 nitrogen and oxygen atoms in total. The van der Waals surface area contributed by atoms with E-state index < -0.39 is 0 Å². The van der Waals surface area contributed by atoms with E-state index in [1.807, 2.05) is 26.1 Å². The summed E-state index contributed by atoms with van der Waals surface area (Å²) in [5.41, 5.74) is 1.79. The van der Waals surface area contributed by atoms with E-state index in [1.54, 1.807) is 43.5 Å². The molecule has 6 heteroatoms. The number of benzene rings is 2. The van der Waals surface area contributed by atoms with Crippen LogP contribution >= 0.6 is 0 Å². The zero-order valence-corrected chi connectivity index (χ0v) is 18.0. The molecular formula is C24H31N3O3.